The Hall–Kier alpha value is -2.11. The number of aryl methyl sites for hydroxylation is 2. The number of hydrogen-bond acceptors (Lipinski definition) is 6. The Morgan fingerprint density at radius 3 is 2.74 bits per heavy atom. The Morgan fingerprint density at radius 1 is 1.32 bits per heavy atom. The lowest BCUT2D eigenvalue weighted by molar-refractivity contribution is 0.326. The summed E-state index contributed by atoms with van der Waals surface area (Å²) in [6.07, 6.45) is 1.50. The quantitative estimate of drug-likeness (QED) is 0.822. The molecule has 102 valence electrons. The van der Waals surface area contributed by atoms with Crippen LogP contribution in [0.1, 0.15) is 23.9 Å². The van der Waals surface area contributed by atoms with Crippen LogP contribution in [-0.2, 0) is 6.54 Å². The van der Waals surface area contributed by atoms with E-state index in [0.29, 0.717) is 19.0 Å². The first-order valence-electron chi connectivity index (χ1n) is 6.19. The Bertz CT molecular complexity index is 534. The Balaban J connectivity index is 2.15. The third kappa shape index (κ3) is 3.01. The molecule has 0 unspecified atom stereocenters. The van der Waals surface area contributed by atoms with Crippen molar-refractivity contribution in [2.75, 3.05) is 18.6 Å². The van der Waals surface area contributed by atoms with E-state index in [4.69, 9.17) is 9.26 Å². The maximum atomic E-state index is 5.37. The molecule has 2 rings (SSSR count). The molecule has 0 spiro atoms. The predicted molar refractivity (Wildman–Crippen MR) is 71.3 cm³/mol. The number of rotatable bonds is 5. The van der Waals surface area contributed by atoms with Crippen LogP contribution in [0.3, 0.4) is 0 Å². The number of anilines is 1. The van der Waals surface area contributed by atoms with Crippen LogP contribution in [0.25, 0.3) is 0 Å². The highest BCUT2D eigenvalue weighted by atomic mass is 16.5. The van der Waals surface area contributed by atoms with Crippen LogP contribution in [0, 0.1) is 13.8 Å². The second-order valence-electron chi connectivity index (χ2n) is 4.31. The molecule has 2 aromatic rings. The molecule has 0 saturated heterocycles. The fraction of sp³-hybridized carbons (Fsp3) is 0.462. The summed E-state index contributed by atoms with van der Waals surface area (Å²) in [5, 5.41) is 3.95. The molecule has 0 saturated carbocycles. The van der Waals surface area contributed by atoms with Gasteiger partial charge in [-0.05, 0) is 20.8 Å². The molecule has 0 aliphatic rings. The van der Waals surface area contributed by atoms with Crippen molar-refractivity contribution in [2.24, 2.45) is 0 Å². The molecule has 0 aromatic carbocycles. The van der Waals surface area contributed by atoms with E-state index in [-0.39, 0.29) is 0 Å². The summed E-state index contributed by atoms with van der Waals surface area (Å²) in [6, 6.07) is 1.82. The fourth-order valence-corrected chi connectivity index (χ4v) is 1.81. The average molecular weight is 262 g/mol. The number of ether oxygens (including phenoxy) is 1. The topological polar surface area (TPSA) is 64.3 Å². The van der Waals surface area contributed by atoms with E-state index in [1.54, 1.807) is 0 Å². The van der Waals surface area contributed by atoms with Gasteiger partial charge in [-0.2, -0.15) is 0 Å². The van der Waals surface area contributed by atoms with E-state index in [9.17, 15) is 0 Å². The van der Waals surface area contributed by atoms with Crippen LogP contribution < -0.4 is 9.64 Å². The molecule has 6 heteroatoms. The van der Waals surface area contributed by atoms with Gasteiger partial charge < -0.3 is 14.2 Å². The molecule has 0 fully saturated rings. The molecular weight excluding hydrogens is 244 g/mol. The molecule has 0 amide bonds. The molecule has 0 aliphatic heterocycles. The van der Waals surface area contributed by atoms with E-state index in [0.717, 1.165) is 22.8 Å². The zero-order chi connectivity index (χ0) is 13.8. The summed E-state index contributed by atoms with van der Waals surface area (Å²) < 4.78 is 10.5. The zero-order valence-electron chi connectivity index (χ0n) is 11.7. The summed E-state index contributed by atoms with van der Waals surface area (Å²) in [5.74, 6) is 2.22. The molecule has 0 radical (unpaired) electrons. The van der Waals surface area contributed by atoms with Crippen LogP contribution in [0.5, 0.6) is 5.88 Å². The van der Waals surface area contributed by atoms with Gasteiger partial charge in [-0.15, -0.1) is 0 Å². The predicted octanol–water partition coefficient (Wildman–Crippen LogP) is 2.12. The van der Waals surface area contributed by atoms with Crippen molar-refractivity contribution >= 4 is 5.82 Å². The van der Waals surface area contributed by atoms with Crippen LogP contribution in [0.2, 0.25) is 0 Å². The number of aromatic nitrogens is 3. The van der Waals surface area contributed by atoms with Gasteiger partial charge in [0.2, 0.25) is 5.88 Å². The van der Waals surface area contributed by atoms with Gasteiger partial charge in [0.05, 0.1) is 12.3 Å². The number of nitrogens with zero attached hydrogens (tertiary/aromatic N) is 4. The molecule has 2 heterocycles. The van der Waals surface area contributed by atoms with Crippen molar-refractivity contribution in [2.45, 2.75) is 27.3 Å². The van der Waals surface area contributed by atoms with Crippen molar-refractivity contribution in [3.8, 4) is 5.88 Å². The molecule has 0 bridgehead atoms. The molecule has 0 atom stereocenters. The van der Waals surface area contributed by atoms with Crippen LogP contribution in [0.4, 0.5) is 5.82 Å². The molecule has 2 aromatic heterocycles. The van der Waals surface area contributed by atoms with Gasteiger partial charge in [0.1, 0.15) is 17.9 Å². The minimum Gasteiger partial charge on any atom is -0.478 e. The number of hydrogen-bond donors (Lipinski definition) is 0. The first-order valence-corrected chi connectivity index (χ1v) is 6.19. The second-order valence-corrected chi connectivity index (χ2v) is 4.31. The first-order chi connectivity index (χ1) is 9.11. The van der Waals surface area contributed by atoms with E-state index in [1.165, 1.54) is 6.33 Å². The average Bonchev–Trinajstić information content (AvgIpc) is 2.71. The van der Waals surface area contributed by atoms with Gasteiger partial charge in [0.25, 0.3) is 0 Å². The maximum Gasteiger partial charge on any atom is 0.218 e. The monoisotopic (exact) mass is 262 g/mol. The van der Waals surface area contributed by atoms with Gasteiger partial charge in [-0.25, -0.2) is 9.97 Å². The summed E-state index contributed by atoms with van der Waals surface area (Å²) in [5.41, 5.74) is 1.99. The highest BCUT2D eigenvalue weighted by Crippen LogP contribution is 2.19. The third-order valence-corrected chi connectivity index (χ3v) is 2.89. The van der Waals surface area contributed by atoms with E-state index in [1.807, 2.05) is 38.8 Å². The molecule has 0 N–H and O–H groups in total. The van der Waals surface area contributed by atoms with Gasteiger partial charge >= 0.3 is 0 Å². The van der Waals surface area contributed by atoms with Gasteiger partial charge in [0, 0.05) is 25.2 Å². The summed E-state index contributed by atoms with van der Waals surface area (Å²) in [6.45, 7) is 7.04. The normalized spacial score (nSPS) is 10.5. The molecule has 19 heavy (non-hydrogen) atoms. The minimum atomic E-state index is 0.582. The van der Waals surface area contributed by atoms with Crippen LogP contribution in [0.15, 0.2) is 16.9 Å². The molecule has 6 nitrogen and oxygen atoms in total. The summed E-state index contributed by atoms with van der Waals surface area (Å²) >= 11 is 0. The lowest BCUT2D eigenvalue weighted by atomic mass is 10.2. The summed E-state index contributed by atoms with van der Waals surface area (Å²) in [7, 11) is 1.96. The standard InChI is InChI=1S/C13H18N4O2/c1-5-18-13-6-12(14-8-15-13)17(4)7-11-9(2)16-19-10(11)3/h6,8H,5,7H2,1-4H3. The Kier molecular flexibility index (Phi) is 3.99. The van der Waals surface area contributed by atoms with Crippen molar-refractivity contribution in [1.82, 2.24) is 15.1 Å². The second kappa shape index (κ2) is 5.69. The van der Waals surface area contributed by atoms with Crippen molar-refractivity contribution in [3.63, 3.8) is 0 Å². The largest absolute Gasteiger partial charge is 0.478 e. The smallest absolute Gasteiger partial charge is 0.218 e. The molecular formula is C13H18N4O2. The SMILES string of the molecule is CCOc1cc(N(C)Cc2c(C)noc2C)ncn1. The molecule has 0 aliphatic carbocycles. The summed E-state index contributed by atoms with van der Waals surface area (Å²) in [4.78, 5) is 10.3. The highest BCUT2D eigenvalue weighted by molar-refractivity contribution is 5.41. The third-order valence-electron chi connectivity index (χ3n) is 2.89. The highest BCUT2D eigenvalue weighted by Gasteiger charge is 2.13. The van der Waals surface area contributed by atoms with E-state index in [2.05, 4.69) is 15.1 Å². The van der Waals surface area contributed by atoms with Crippen molar-refractivity contribution in [3.05, 3.63) is 29.4 Å². The van der Waals surface area contributed by atoms with Crippen molar-refractivity contribution in [1.29, 1.82) is 0 Å². The van der Waals surface area contributed by atoms with Gasteiger partial charge in [-0.3, -0.25) is 0 Å². The minimum absolute atomic E-state index is 0.582. The van der Waals surface area contributed by atoms with E-state index >= 15 is 0 Å². The maximum absolute atomic E-state index is 5.37. The van der Waals surface area contributed by atoms with Gasteiger partial charge in [0.15, 0.2) is 0 Å². The zero-order valence-corrected chi connectivity index (χ0v) is 11.7. The van der Waals surface area contributed by atoms with E-state index < -0.39 is 0 Å². The van der Waals surface area contributed by atoms with Crippen LogP contribution >= 0.6 is 0 Å². The van der Waals surface area contributed by atoms with Gasteiger partial charge in [-0.1, -0.05) is 5.16 Å². The lowest BCUT2D eigenvalue weighted by Crippen LogP contribution is -2.18. The Morgan fingerprint density at radius 2 is 2.11 bits per heavy atom. The van der Waals surface area contributed by atoms with Crippen molar-refractivity contribution < 1.29 is 9.26 Å². The Labute approximate surface area is 112 Å². The lowest BCUT2D eigenvalue weighted by Gasteiger charge is -2.18. The van der Waals surface area contributed by atoms with Crippen LogP contribution in [-0.4, -0.2) is 28.8 Å². The fourth-order valence-electron chi connectivity index (χ4n) is 1.81. The first kappa shape index (κ1) is 13.3.